The van der Waals surface area contributed by atoms with Crippen molar-refractivity contribution in [1.29, 1.82) is 0 Å². The number of carbonyl (C=O) groups excluding carboxylic acids is 1. The van der Waals surface area contributed by atoms with Gasteiger partial charge in [-0.1, -0.05) is 56.3 Å². The van der Waals surface area contributed by atoms with Gasteiger partial charge >= 0.3 is 0 Å². The topological polar surface area (TPSA) is 50.7 Å². The van der Waals surface area contributed by atoms with Crippen LogP contribution in [0.4, 0.5) is 0 Å². The highest BCUT2D eigenvalue weighted by atomic mass is 16.5. The Morgan fingerprint density at radius 1 is 1.17 bits per heavy atom. The number of amides is 1. The van der Waals surface area contributed by atoms with Gasteiger partial charge in [0.15, 0.2) is 6.61 Å². The summed E-state index contributed by atoms with van der Waals surface area (Å²) in [6.07, 6.45) is 2.70. The van der Waals surface area contributed by atoms with Gasteiger partial charge in [0.2, 0.25) is 0 Å². The second-order valence-electron chi connectivity index (χ2n) is 5.37. The molecule has 4 heteroatoms. The van der Waals surface area contributed by atoms with Crippen molar-refractivity contribution in [3.63, 3.8) is 0 Å². The van der Waals surface area contributed by atoms with Gasteiger partial charge in [0.05, 0.1) is 6.21 Å². The molecule has 0 fully saturated rings. The predicted octanol–water partition coefficient (Wildman–Crippen LogP) is 3.73. The molecule has 0 saturated carbocycles. The zero-order valence-corrected chi connectivity index (χ0v) is 13.5. The van der Waals surface area contributed by atoms with E-state index in [4.69, 9.17) is 4.74 Å². The SMILES string of the molecule is CCC(C)c1ccc(OCC(=O)NN=Cc2ccccc2)cc1. The second-order valence-corrected chi connectivity index (χ2v) is 5.37. The number of nitrogens with zero attached hydrogens (tertiary/aromatic N) is 1. The number of nitrogens with one attached hydrogen (secondary N) is 1. The average Bonchev–Trinajstić information content (AvgIpc) is 2.60. The molecule has 1 N–H and O–H groups in total. The van der Waals surface area contributed by atoms with Gasteiger partial charge in [0.25, 0.3) is 5.91 Å². The van der Waals surface area contributed by atoms with Crippen LogP contribution in [0, 0.1) is 0 Å². The molecular formula is C19H22N2O2. The van der Waals surface area contributed by atoms with E-state index < -0.39 is 0 Å². The minimum atomic E-state index is -0.289. The average molecular weight is 310 g/mol. The van der Waals surface area contributed by atoms with Crippen LogP contribution in [0.5, 0.6) is 5.75 Å². The third-order valence-corrected chi connectivity index (χ3v) is 3.63. The molecule has 1 amide bonds. The lowest BCUT2D eigenvalue weighted by Crippen LogP contribution is -2.24. The Morgan fingerprint density at radius 2 is 1.87 bits per heavy atom. The first-order valence-corrected chi connectivity index (χ1v) is 7.78. The molecule has 23 heavy (non-hydrogen) atoms. The zero-order valence-electron chi connectivity index (χ0n) is 13.5. The maximum absolute atomic E-state index is 11.7. The summed E-state index contributed by atoms with van der Waals surface area (Å²) in [7, 11) is 0. The lowest BCUT2D eigenvalue weighted by atomic mass is 9.99. The van der Waals surface area contributed by atoms with Gasteiger partial charge in [-0.05, 0) is 35.6 Å². The van der Waals surface area contributed by atoms with E-state index in [1.165, 1.54) is 5.56 Å². The zero-order chi connectivity index (χ0) is 16.5. The fourth-order valence-electron chi connectivity index (χ4n) is 2.03. The molecule has 1 atom stereocenters. The molecule has 0 aliphatic rings. The van der Waals surface area contributed by atoms with E-state index >= 15 is 0 Å². The molecule has 0 aliphatic carbocycles. The highest BCUT2D eigenvalue weighted by Crippen LogP contribution is 2.21. The lowest BCUT2D eigenvalue weighted by Gasteiger charge is -2.10. The molecule has 2 rings (SSSR count). The van der Waals surface area contributed by atoms with Crippen LogP contribution in [-0.2, 0) is 4.79 Å². The summed E-state index contributed by atoms with van der Waals surface area (Å²) in [6, 6.07) is 17.4. The maximum Gasteiger partial charge on any atom is 0.277 e. The van der Waals surface area contributed by atoms with Gasteiger partial charge < -0.3 is 4.74 Å². The summed E-state index contributed by atoms with van der Waals surface area (Å²) in [4.78, 5) is 11.7. The Hall–Kier alpha value is -2.62. The van der Waals surface area contributed by atoms with Crippen molar-refractivity contribution in [1.82, 2.24) is 5.43 Å². The summed E-state index contributed by atoms with van der Waals surface area (Å²) in [5.41, 5.74) is 4.65. The van der Waals surface area contributed by atoms with Gasteiger partial charge in [-0.25, -0.2) is 5.43 Å². The summed E-state index contributed by atoms with van der Waals surface area (Å²) in [5, 5.41) is 3.90. The van der Waals surface area contributed by atoms with E-state index in [1.54, 1.807) is 6.21 Å². The van der Waals surface area contributed by atoms with Crippen LogP contribution in [0.15, 0.2) is 59.7 Å². The predicted molar refractivity (Wildman–Crippen MR) is 92.8 cm³/mol. The van der Waals surface area contributed by atoms with Crippen LogP contribution in [0.2, 0.25) is 0 Å². The highest BCUT2D eigenvalue weighted by molar-refractivity contribution is 5.82. The van der Waals surface area contributed by atoms with E-state index in [2.05, 4.69) is 24.4 Å². The van der Waals surface area contributed by atoms with Crippen LogP contribution in [0.1, 0.15) is 37.3 Å². The lowest BCUT2D eigenvalue weighted by molar-refractivity contribution is -0.123. The Kier molecular flexibility index (Phi) is 6.36. The molecule has 0 saturated heterocycles. The molecular weight excluding hydrogens is 288 g/mol. The number of benzene rings is 2. The van der Waals surface area contributed by atoms with Gasteiger partial charge in [0, 0.05) is 0 Å². The minimum Gasteiger partial charge on any atom is -0.484 e. The van der Waals surface area contributed by atoms with Crippen molar-refractivity contribution in [3.05, 3.63) is 65.7 Å². The number of ether oxygens (including phenoxy) is 1. The van der Waals surface area contributed by atoms with E-state index in [0.29, 0.717) is 11.7 Å². The number of carbonyl (C=O) groups is 1. The van der Waals surface area contributed by atoms with E-state index in [9.17, 15) is 4.79 Å². The van der Waals surface area contributed by atoms with Gasteiger partial charge in [-0.2, -0.15) is 5.10 Å². The Labute approximate surface area is 137 Å². The summed E-state index contributed by atoms with van der Waals surface area (Å²) in [5.74, 6) is 0.919. The van der Waals surface area contributed by atoms with Crippen molar-refractivity contribution >= 4 is 12.1 Å². The molecule has 0 aromatic heterocycles. The van der Waals surface area contributed by atoms with Gasteiger partial charge in [0.1, 0.15) is 5.75 Å². The van der Waals surface area contributed by atoms with Crippen LogP contribution in [0.3, 0.4) is 0 Å². The number of hydrazone groups is 1. The van der Waals surface area contributed by atoms with Gasteiger partial charge in [-0.15, -0.1) is 0 Å². The third kappa shape index (κ3) is 5.58. The molecule has 0 heterocycles. The monoisotopic (exact) mass is 310 g/mol. The summed E-state index contributed by atoms with van der Waals surface area (Å²) < 4.78 is 5.45. The Balaban J connectivity index is 1.77. The fourth-order valence-corrected chi connectivity index (χ4v) is 2.03. The second kappa shape index (κ2) is 8.73. The number of hydrogen-bond acceptors (Lipinski definition) is 3. The third-order valence-electron chi connectivity index (χ3n) is 3.63. The quantitative estimate of drug-likeness (QED) is 0.626. The summed E-state index contributed by atoms with van der Waals surface area (Å²) in [6.45, 7) is 4.29. The van der Waals surface area contributed by atoms with Crippen molar-refractivity contribution in [2.75, 3.05) is 6.61 Å². The molecule has 1 unspecified atom stereocenters. The highest BCUT2D eigenvalue weighted by Gasteiger charge is 2.04. The molecule has 0 radical (unpaired) electrons. The first-order valence-electron chi connectivity index (χ1n) is 7.78. The Morgan fingerprint density at radius 3 is 2.52 bits per heavy atom. The van der Waals surface area contributed by atoms with Crippen LogP contribution >= 0.6 is 0 Å². The van der Waals surface area contributed by atoms with Gasteiger partial charge in [-0.3, -0.25) is 4.79 Å². The fraction of sp³-hybridized carbons (Fsp3) is 0.263. The van der Waals surface area contributed by atoms with Crippen molar-refractivity contribution < 1.29 is 9.53 Å². The van der Waals surface area contributed by atoms with E-state index in [0.717, 1.165) is 12.0 Å². The summed E-state index contributed by atoms with van der Waals surface area (Å²) >= 11 is 0. The smallest absolute Gasteiger partial charge is 0.277 e. The van der Waals surface area contributed by atoms with Crippen LogP contribution in [0.25, 0.3) is 0 Å². The maximum atomic E-state index is 11.7. The first kappa shape index (κ1) is 16.7. The molecule has 0 spiro atoms. The number of rotatable bonds is 7. The number of hydrogen-bond donors (Lipinski definition) is 1. The normalized spacial score (nSPS) is 12.1. The Bertz CT molecular complexity index is 636. The molecule has 2 aromatic rings. The van der Waals surface area contributed by atoms with Crippen LogP contribution in [-0.4, -0.2) is 18.7 Å². The van der Waals surface area contributed by atoms with Crippen LogP contribution < -0.4 is 10.2 Å². The van der Waals surface area contributed by atoms with Crippen molar-refractivity contribution in [2.24, 2.45) is 5.10 Å². The molecule has 120 valence electrons. The minimum absolute atomic E-state index is 0.0607. The molecule has 0 bridgehead atoms. The molecule has 0 aliphatic heterocycles. The largest absolute Gasteiger partial charge is 0.484 e. The van der Waals surface area contributed by atoms with E-state index in [1.807, 2.05) is 54.6 Å². The standard InChI is InChI=1S/C19H22N2O2/c1-3-15(2)17-9-11-18(12-10-17)23-14-19(22)21-20-13-16-7-5-4-6-8-16/h4-13,15H,3,14H2,1-2H3,(H,21,22). The van der Waals surface area contributed by atoms with Crippen molar-refractivity contribution in [3.8, 4) is 5.75 Å². The van der Waals surface area contributed by atoms with E-state index in [-0.39, 0.29) is 12.5 Å². The molecule has 2 aromatic carbocycles. The first-order chi connectivity index (χ1) is 11.2. The molecule has 4 nitrogen and oxygen atoms in total. The van der Waals surface area contributed by atoms with Crippen molar-refractivity contribution in [2.45, 2.75) is 26.2 Å².